The molecule has 0 fully saturated rings. The van der Waals surface area contributed by atoms with Gasteiger partial charge in [-0.15, -0.1) is 5.10 Å². The van der Waals surface area contributed by atoms with Crippen molar-refractivity contribution in [2.24, 2.45) is 0 Å². The van der Waals surface area contributed by atoms with Crippen LogP contribution in [0.15, 0.2) is 28.9 Å². The number of benzene rings is 1. The smallest absolute Gasteiger partial charge is 0.360 e. The van der Waals surface area contributed by atoms with Gasteiger partial charge in [0.1, 0.15) is 5.75 Å². The normalized spacial score (nSPS) is 10.3. The number of halogens is 1. The van der Waals surface area contributed by atoms with Gasteiger partial charge in [0, 0.05) is 4.47 Å². The monoisotopic (exact) mass is 325 g/mol. The van der Waals surface area contributed by atoms with Crippen LogP contribution >= 0.6 is 15.9 Å². The highest BCUT2D eigenvalue weighted by Gasteiger charge is 2.11. The molecule has 0 aliphatic rings. The van der Waals surface area contributed by atoms with Gasteiger partial charge in [-0.3, -0.25) is 0 Å². The molecule has 7 heteroatoms. The van der Waals surface area contributed by atoms with Gasteiger partial charge in [-0.05, 0) is 23.8 Å². The van der Waals surface area contributed by atoms with Crippen molar-refractivity contribution in [3.63, 3.8) is 0 Å². The summed E-state index contributed by atoms with van der Waals surface area (Å²) >= 11 is 3.46. The van der Waals surface area contributed by atoms with Crippen molar-refractivity contribution in [2.75, 3.05) is 14.2 Å². The van der Waals surface area contributed by atoms with E-state index in [0.717, 1.165) is 15.8 Å². The lowest BCUT2D eigenvalue weighted by molar-refractivity contribution is 0.0594. The van der Waals surface area contributed by atoms with E-state index >= 15 is 0 Å². The van der Waals surface area contributed by atoms with Crippen LogP contribution in [0, 0.1) is 0 Å². The molecule has 0 bridgehead atoms. The molecule has 0 atom stereocenters. The maximum atomic E-state index is 11.3. The van der Waals surface area contributed by atoms with Gasteiger partial charge in [-0.1, -0.05) is 21.1 Å². The van der Waals surface area contributed by atoms with E-state index in [4.69, 9.17) is 4.74 Å². The standard InChI is InChI=1S/C12H12BrN3O3/c1-18-9-3-4-10(13)8(5-9)6-16-7-11(14-15-16)12(17)19-2/h3-5,7H,6H2,1-2H3. The average Bonchev–Trinajstić information content (AvgIpc) is 2.89. The lowest BCUT2D eigenvalue weighted by Crippen LogP contribution is -2.02. The molecule has 1 aromatic carbocycles. The van der Waals surface area contributed by atoms with E-state index in [1.165, 1.54) is 13.3 Å². The molecule has 2 aromatic rings. The Balaban J connectivity index is 2.21. The van der Waals surface area contributed by atoms with Gasteiger partial charge in [-0.2, -0.15) is 0 Å². The summed E-state index contributed by atoms with van der Waals surface area (Å²) in [5.41, 5.74) is 1.15. The first kappa shape index (κ1) is 13.5. The van der Waals surface area contributed by atoms with Crippen LogP contribution in [0.3, 0.4) is 0 Å². The van der Waals surface area contributed by atoms with Gasteiger partial charge in [0.2, 0.25) is 0 Å². The number of rotatable bonds is 4. The third kappa shape index (κ3) is 3.11. The zero-order valence-corrected chi connectivity index (χ0v) is 12.0. The maximum absolute atomic E-state index is 11.3. The summed E-state index contributed by atoms with van der Waals surface area (Å²) in [7, 11) is 2.91. The molecule has 6 nitrogen and oxygen atoms in total. The van der Waals surface area contributed by atoms with Gasteiger partial charge in [0.25, 0.3) is 0 Å². The molecule has 0 unspecified atom stereocenters. The van der Waals surface area contributed by atoms with Crippen LogP contribution in [-0.2, 0) is 11.3 Å². The Bertz CT molecular complexity index is 598. The van der Waals surface area contributed by atoms with Crippen molar-refractivity contribution in [3.05, 3.63) is 40.1 Å². The van der Waals surface area contributed by atoms with Crippen molar-refractivity contribution in [3.8, 4) is 5.75 Å². The lowest BCUT2D eigenvalue weighted by Gasteiger charge is -2.06. The fourth-order valence-corrected chi connectivity index (χ4v) is 1.92. The summed E-state index contributed by atoms with van der Waals surface area (Å²) in [4.78, 5) is 11.3. The molecule has 0 aliphatic heterocycles. The molecule has 19 heavy (non-hydrogen) atoms. The zero-order chi connectivity index (χ0) is 13.8. The Hall–Kier alpha value is -1.89. The molecule has 0 N–H and O–H groups in total. The van der Waals surface area contributed by atoms with E-state index in [1.807, 2.05) is 18.2 Å². The van der Waals surface area contributed by atoms with Gasteiger partial charge in [0.15, 0.2) is 5.69 Å². The highest BCUT2D eigenvalue weighted by atomic mass is 79.9. The van der Waals surface area contributed by atoms with Crippen LogP contribution in [0.4, 0.5) is 0 Å². The average molecular weight is 326 g/mol. The molecule has 0 amide bonds. The third-order valence-electron chi connectivity index (χ3n) is 2.52. The number of aromatic nitrogens is 3. The van der Waals surface area contributed by atoms with Crippen LogP contribution in [0.25, 0.3) is 0 Å². The van der Waals surface area contributed by atoms with Crippen molar-refractivity contribution in [2.45, 2.75) is 6.54 Å². The first-order valence-electron chi connectivity index (χ1n) is 5.45. The van der Waals surface area contributed by atoms with Crippen molar-refractivity contribution < 1.29 is 14.3 Å². The Morgan fingerprint density at radius 2 is 2.21 bits per heavy atom. The number of nitrogens with zero attached hydrogens (tertiary/aromatic N) is 3. The van der Waals surface area contributed by atoms with Crippen LogP contribution < -0.4 is 4.74 Å². The predicted octanol–water partition coefficient (Wildman–Crippen LogP) is 1.88. The summed E-state index contributed by atoms with van der Waals surface area (Å²) in [5.74, 6) is 0.252. The van der Waals surface area contributed by atoms with E-state index in [0.29, 0.717) is 6.54 Å². The quantitative estimate of drug-likeness (QED) is 0.803. The van der Waals surface area contributed by atoms with E-state index in [2.05, 4.69) is 31.0 Å². The summed E-state index contributed by atoms with van der Waals surface area (Å²) < 4.78 is 12.2. The van der Waals surface area contributed by atoms with Crippen LogP contribution in [0.5, 0.6) is 5.75 Å². The van der Waals surface area contributed by atoms with Crippen LogP contribution in [0.2, 0.25) is 0 Å². The molecule has 2 rings (SSSR count). The molecule has 1 aromatic heterocycles. The summed E-state index contributed by atoms with van der Waals surface area (Å²) in [5, 5.41) is 7.63. The highest BCUT2D eigenvalue weighted by Crippen LogP contribution is 2.23. The topological polar surface area (TPSA) is 66.2 Å². The third-order valence-corrected chi connectivity index (χ3v) is 3.29. The fraction of sp³-hybridized carbons (Fsp3) is 0.250. The van der Waals surface area contributed by atoms with Crippen molar-refractivity contribution >= 4 is 21.9 Å². The first-order chi connectivity index (χ1) is 9.13. The van der Waals surface area contributed by atoms with E-state index in [-0.39, 0.29) is 5.69 Å². The number of esters is 1. The predicted molar refractivity (Wildman–Crippen MR) is 71.2 cm³/mol. The fourth-order valence-electron chi connectivity index (χ4n) is 1.55. The Morgan fingerprint density at radius 1 is 1.42 bits per heavy atom. The summed E-state index contributed by atoms with van der Waals surface area (Å²) in [6.45, 7) is 0.474. The van der Waals surface area contributed by atoms with Gasteiger partial charge >= 0.3 is 5.97 Å². The number of hydrogen-bond acceptors (Lipinski definition) is 5. The van der Waals surface area contributed by atoms with E-state index in [9.17, 15) is 4.79 Å². The minimum absolute atomic E-state index is 0.182. The number of ether oxygens (including phenoxy) is 2. The molecular weight excluding hydrogens is 314 g/mol. The zero-order valence-electron chi connectivity index (χ0n) is 10.5. The molecule has 0 saturated carbocycles. The molecule has 0 aliphatic carbocycles. The summed E-state index contributed by atoms with van der Waals surface area (Å²) in [6.07, 6.45) is 1.54. The minimum Gasteiger partial charge on any atom is -0.497 e. The van der Waals surface area contributed by atoms with Gasteiger partial charge in [0.05, 0.1) is 27.0 Å². The number of carbonyl (C=O) groups excluding carboxylic acids is 1. The van der Waals surface area contributed by atoms with Crippen molar-refractivity contribution in [1.82, 2.24) is 15.0 Å². The van der Waals surface area contributed by atoms with Gasteiger partial charge < -0.3 is 9.47 Å². The Morgan fingerprint density at radius 3 is 2.89 bits per heavy atom. The molecule has 0 spiro atoms. The van der Waals surface area contributed by atoms with Gasteiger partial charge in [-0.25, -0.2) is 9.48 Å². The van der Waals surface area contributed by atoms with Crippen LogP contribution in [-0.4, -0.2) is 35.2 Å². The summed E-state index contributed by atoms with van der Waals surface area (Å²) in [6, 6.07) is 5.64. The molecule has 0 radical (unpaired) electrons. The largest absolute Gasteiger partial charge is 0.497 e. The Kier molecular flexibility index (Phi) is 4.16. The molecule has 100 valence electrons. The van der Waals surface area contributed by atoms with E-state index < -0.39 is 5.97 Å². The number of carbonyl (C=O) groups is 1. The highest BCUT2D eigenvalue weighted by molar-refractivity contribution is 9.10. The maximum Gasteiger partial charge on any atom is 0.360 e. The number of methoxy groups -OCH3 is 2. The molecule has 1 heterocycles. The SMILES string of the molecule is COC(=O)c1cn(Cc2cc(OC)ccc2Br)nn1. The molecular formula is C12H12BrN3O3. The van der Waals surface area contributed by atoms with Crippen LogP contribution in [0.1, 0.15) is 16.1 Å². The second kappa shape index (κ2) is 5.83. The minimum atomic E-state index is -0.504. The Labute approximate surface area is 118 Å². The second-order valence-corrected chi connectivity index (χ2v) is 4.60. The molecule has 0 saturated heterocycles. The second-order valence-electron chi connectivity index (χ2n) is 3.75. The first-order valence-corrected chi connectivity index (χ1v) is 6.24. The van der Waals surface area contributed by atoms with E-state index in [1.54, 1.807) is 11.8 Å². The number of hydrogen-bond donors (Lipinski definition) is 0. The van der Waals surface area contributed by atoms with Crippen molar-refractivity contribution in [1.29, 1.82) is 0 Å². The lowest BCUT2D eigenvalue weighted by atomic mass is 10.2.